The molecular weight excluding hydrogens is 184 g/mol. The first-order valence-electron chi connectivity index (χ1n) is 5.06. The molecule has 0 spiro atoms. The summed E-state index contributed by atoms with van der Waals surface area (Å²) >= 11 is 4.84. The van der Waals surface area contributed by atoms with Gasteiger partial charge in [-0.2, -0.15) is 0 Å². The maximum absolute atomic E-state index is 4.84. The number of rotatable bonds is 8. The average molecular weight is 205 g/mol. The van der Waals surface area contributed by atoms with Crippen LogP contribution in [-0.4, -0.2) is 5.75 Å². The van der Waals surface area contributed by atoms with Crippen molar-refractivity contribution in [2.45, 2.75) is 52.4 Å². The predicted molar refractivity (Wildman–Crippen MR) is 62.6 cm³/mol. The third-order valence-corrected chi connectivity index (χ3v) is 3.15. The maximum Gasteiger partial charge on any atom is 0.00479 e. The zero-order valence-corrected chi connectivity index (χ0v) is 9.98. The smallest absolute Gasteiger partial charge is 0.00479 e. The summed E-state index contributed by atoms with van der Waals surface area (Å²) in [7, 11) is 1.56. The Labute approximate surface area is 86.7 Å². The lowest BCUT2D eigenvalue weighted by Gasteiger charge is -2.08. The van der Waals surface area contributed by atoms with Gasteiger partial charge < -0.3 is 0 Å². The molecule has 0 aromatic heterocycles. The van der Waals surface area contributed by atoms with Crippen LogP contribution in [-0.2, 0) is 0 Å². The molecular formula is C10H21S2. The van der Waals surface area contributed by atoms with E-state index in [0.29, 0.717) is 0 Å². The van der Waals surface area contributed by atoms with Crippen LogP contribution >= 0.6 is 22.5 Å². The summed E-state index contributed by atoms with van der Waals surface area (Å²) in [4.78, 5) is 0. The van der Waals surface area contributed by atoms with E-state index in [1.807, 2.05) is 0 Å². The Morgan fingerprint density at radius 2 is 1.92 bits per heavy atom. The minimum absolute atomic E-state index is 0.886. The van der Waals surface area contributed by atoms with Crippen LogP contribution in [0.25, 0.3) is 0 Å². The Morgan fingerprint density at radius 3 is 2.50 bits per heavy atom. The zero-order valence-electron chi connectivity index (χ0n) is 8.34. The van der Waals surface area contributed by atoms with Crippen LogP contribution in [0.3, 0.4) is 0 Å². The lowest BCUT2D eigenvalue weighted by atomic mass is 10.0. The monoisotopic (exact) mass is 205 g/mol. The quantitative estimate of drug-likeness (QED) is 0.404. The fourth-order valence-corrected chi connectivity index (χ4v) is 2.10. The van der Waals surface area contributed by atoms with Crippen molar-refractivity contribution in [1.29, 1.82) is 0 Å². The van der Waals surface area contributed by atoms with Gasteiger partial charge in [-0.3, -0.25) is 0 Å². The van der Waals surface area contributed by atoms with Crippen molar-refractivity contribution >= 4 is 22.5 Å². The highest BCUT2D eigenvalue weighted by Gasteiger charge is 2.00. The van der Waals surface area contributed by atoms with Crippen LogP contribution in [0.15, 0.2) is 0 Å². The molecule has 1 radical (unpaired) electrons. The van der Waals surface area contributed by atoms with Crippen molar-refractivity contribution in [1.82, 2.24) is 0 Å². The Balaban J connectivity index is 3.02. The molecule has 73 valence electrons. The molecule has 2 heteroatoms. The molecule has 0 nitrogen and oxygen atoms in total. The maximum atomic E-state index is 4.84. The lowest BCUT2D eigenvalue weighted by Crippen LogP contribution is -1.95. The van der Waals surface area contributed by atoms with Crippen molar-refractivity contribution in [3.63, 3.8) is 0 Å². The molecule has 0 aliphatic heterocycles. The highest BCUT2D eigenvalue weighted by Crippen LogP contribution is 2.17. The molecule has 0 amide bonds. The van der Waals surface area contributed by atoms with Crippen LogP contribution in [0.5, 0.6) is 0 Å². The topological polar surface area (TPSA) is 0 Å². The first-order chi connectivity index (χ1) is 5.81. The standard InChI is InChI=1S/C10H21S2/c1-3-4-5-6-7-10(2)8-9-12-11/h10H,3-9H2,1-2H3. The third kappa shape index (κ3) is 8.79. The minimum Gasteiger partial charge on any atom is -0.0817 e. The molecule has 0 N–H and O–H groups in total. The summed E-state index contributed by atoms with van der Waals surface area (Å²) in [6.07, 6.45) is 8.29. The molecule has 0 aliphatic rings. The van der Waals surface area contributed by atoms with Gasteiger partial charge in [0.1, 0.15) is 0 Å². The van der Waals surface area contributed by atoms with E-state index in [0.717, 1.165) is 11.7 Å². The van der Waals surface area contributed by atoms with E-state index in [1.54, 1.807) is 10.8 Å². The van der Waals surface area contributed by atoms with Crippen molar-refractivity contribution < 1.29 is 0 Å². The zero-order chi connectivity index (χ0) is 9.23. The molecule has 12 heavy (non-hydrogen) atoms. The van der Waals surface area contributed by atoms with Gasteiger partial charge in [0.2, 0.25) is 0 Å². The lowest BCUT2D eigenvalue weighted by molar-refractivity contribution is 0.480. The predicted octanol–water partition coefficient (Wildman–Crippen LogP) is 4.83. The highest BCUT2D eigenvalue weighted by atomic mass is 33.1. The molecule has 0 saturated heterocycles. The number of unbranched alkanes of at least 4 members (excludes halogenated alkanes) is 3. The Kier molecular flexibility index (Phi) is 10.4. The van der Waals surface area contributed by atoms with Gasteiger partial charge in [-0.25, -0.2) is 0 Å². The van der Waals surface area contributed by atoms with Crippen LogP contribution in [0.2, 0.25) is 0 Å². The van der Waals surface area contributed by atoms with Gasteiger partial charge in [-0.05, 0) is 24.0 Å². The normalized spacial score (nSPS) is 13.2. The molecule has 1 unspecified atom stereocenters. The molecule has 0 bridgehead atoms. The van der Waals surface area contributed by atoms with Crippen LogP contribution < -0.4 is 0 Å². The summed E-state index contributed by atoms with van der Waals surface area (Å²) < 4.78 is 0. The first-order valence-corrected chi connectivity index (χ1v) is 6.97. The summed E-state index contributed by atoms with van der Waals surface area (Å²) in [6.45, 7) is 4.61. The van der Waals surface area contributed by atoms with E-state index in [-0.39, 0.29) is 0 Å². The summed E-state index contributed by atoms with van der Waals surface area (Å²) in [5.74, 6) is 2.04. The molecule has 0 aliphatic carbocycles. The fourth-order valence-electron chi connectivity index (χ4n) is 1.31. The molecule has 1 atom stereocenters. The summed E-state index contributed by atoms with van der Waals surface area (Å²) in [5, 5.41) is 0. The van der Waals surface area contributed by atoms with Crippen molar-refractivity contribution in [3.8, 4) is 0 Å². The Hall–Kier alpha value is 0.700. The Morgan fingerprint density at radius 1 is 1.17 bits per heavy atom. The number of hydrogen-bond donors (Lipinski definition) is 0. The van der Waals surface area contributed by atoms with Gasteiger partial charge in [0.15, 0.2) is 0 Å². The molecule has 0 fully saturated rings. The van der Waals surface area contributed by atoms with Gasteiger partial charge in [0.05, 0.1) is 0 Å². The molecule has 0 saturated carbocycles. The molecule has 0 rings (SSSR count). The van der Waals surface area contributed by atoms with Crippen molar-refractivity contribution in [2.75, 3.05) is 5.75 Å². The van der Waals surface area contributed by atoms with E-state index in [9.17, 15) is 0 Å². The van der Waals surface area contributed by atoms with E-state index in [4.69, 9.17) is 11.7 Å². The van der Waals surface area contributed by atoms with Crippen LogP contribution in [0.4, 0.5) is 0 Å². The van der Waals surface area contributed by atoms with E-state index < -0.39 is 0 Å². The van der Waals surface area contributed by atoms with Gasteiger partial charge in [0, 0.05) is 5.75 Å². The van der Waals surface area contributed by atoms with E-state index >= 15 is 0 Å². The highest BCUT2D eigenvalue weighted by molar-refractivity contribution is 8.68. The SMILES string of the molecule is CCCCCCC(C)CCS[S]. The van der Waals surface area contributed by atoms with Gasteiger partial charge >= 0.3 is 0 Å². The molecule has 0 aromatic rings. The van der Waals surface area contributed by atoms with Crippen molar-refractivity contribution in [3.05, 3.63) is 0 Å². The second-order valence-electron chi connectivity index (χ2n) is 3.57. The largest absolute Gasteiger partial charge is 0.0817 e. The molecule has 0 aromatic carbocycles. The van der Waals surface area contributed by atoms with Crippen molar-refractivity contribution in [2.24, 2.45) is 5.92 Å². The van der Waals surface area contributed by atoms with Gasteiger partial charge in [-0.15, -0.1) is 0 Å². The van der Waals surface area contributed by atoms with E-state index in [2.05, 4.69) is 13.8 Å². The summed E-state index contributed by atoms with van der Waals surface area (Å²) in [6, 6.07) is 0. The summed E-state index contributed by atoms with van der Waals surface area (Å²) in [5.41, 5.74) is 0. The van der Waals surface area contributed by atoms with Gasteiger partial charge in [-0.1, -0.05) is 56.7 Å². The van der Waals surface area contributed by atoms with Crippen LogP contribution in [0, 0.1) is 5.92 Å². The van der Waals surface area contributed by atoms with Crippen LogP contribution in [0.1, 0.15) is 52.4 Å². The van der Waals surface area contributed by atoms with E-state index in [1.165, 1.54) is 38.5 Å². The second-order valence-corrected chi connectivity index (χ2v) is 4.92. The minimum atomic E-state index is 0.886. The second kappa shape index (κ2) is 9.79. The average Bonchev–Trinajstić information content (AvgIpc) is 2.09. The number of hydrogen-bond acceptors (Lipinski definition) is 1. The Bertz CT molecular complexity index is 83.9. The third-order valence-electron chi connectivity index (χ3n) is 2.24. The first kappa shape index (κ1) is 12.7. The molecule has 0 heterocycles. The fraction of sp³-hybridized carbons (Fsp3) is 1.00. The van der Waals surface area contributed by atoms with Gasteiger partial charge in [0.25, 0.3) is 0 Å².